The van der Waals surface area contributed by atoms with Crippen molar-refractivity contribution < 1.29 is 0 Å². The molecular weight excluding hydrogens is 364 g/mol. The van der Waals surface area contributed by atoms with Crippen molar-refractivity contribution in [2.75, 3.05) is 5.73 Å². The molecule has 4 nitrogen and oxygen atoms in total. The maximum atomic E-state index is 6.13. The van der Waals surface area contributed by atoms with Crippen molar-refractivity contribution >= 4 is 39.7 Å². The molecule has 0 fully saturated rings. The summed E-state index contributed by atoms with van der Waals surface area (Å²) in [6, 6.07) is 15.3. The van der Waals surface area contributed by atoms with Gasteiger partial charge in [-0.25, -0.2) is 4.98 Å². The second-order valence-electron chi connectivity index (χ2n) is 4.59. The first-order valence-electron chi connectivity index (χ1n) is 6.53. The summed E-state index contributed by atoms with van der Waals surface area (Å²) < 4.78 is 2.60. The van der Waals surface area contributed by atoms with Gasteiger partial charge in [0.1, 0.15) is 0 Å². The predicted molar refractivity (Wildman–Crippen MR) is 94.2 cm³/mol. The van der Waals surface area contributed by atoms with E-state index in [1.54, 1.807) is 17.1 Å². The van der Waals surface area contributed by atoms with Gasteiger partial charge in [-0.3, -0.25) is 0 Å². The molecule has 0 spiro atoms. The summed E-state index contributed by atoms with van der Waals surface area (Å²) >= 11 is 9.55. The first-order chi connectivity index (χ1) is 10.6. The highest BCUT2D eigenvalue weighted by molar-refractivity contribution is 9.10. The van der Waals surface area contributed by atoms with Crippen LogP contribution < -0.4 is 5.73 Å². The Hall–Kier alpha value is -2.11. The molecule has 0 atom stereocenters. The molecule has 22 heavy (non-hydrogen) atoms. The summed E-state index contributed by atoms with van der Waals surface area (Å²) in [5, 5.41) is 5.04. The van der Waals surface area contributed by atoms with Gasteiger partial charge in [0.2, 0.25) is 5.95 Å². The summed E-state index contributed by atoms with van der Waals surface area (Å²) in [5.41, 5.74) is 8.51. The number of rotatable bonds is 3. The minimum Gasteiger partial charge on any atom is -0.368 e. The van der Waals surface area contributed by atoms with Crippen LogP contribution in [-0.2, 0) is 0 Å². The Morgan fingerprint density at radius 3 is 2.59 bits per heavy atom. The molecular formula is C16H12BrClN4. The van der Waals surface area contributed by atoms with E-state index in [1.165, 1.54) is 0 Å². The lowest BCUT2D eigenvalue weighted by Gasteiger charge is -2.04. The Bertz CT molecular complexity index is 824. The molecule has 0 saturated carbocycles. The molecule has 0 bridgehead atoms. The number of nitrogens with zero attached hydrogens (tertiary/aromatic N) is 3. The van der Waals surface area contributed by atoms with Crippen molar-refractivity contribution in [1.82, 2.24) is 9.66 Å². The van der Waals surface area contributed by atoms with Gasteiger partial charge in [0.15, 0.2) is 0 Å². The van der Waals surface area contributed by atoms with Crippen LogP contribution in [-0.4, -0.2) is 15.9 Å². The van der Waals surface area contributed by atoms with Gasteiger partial charge in [-0.1, -0.05) is 57.9 Å². The molecule has 3 rings (SSSR count). The molecule has 0 unspecified atom stereocenters. The maximum absolute atomic E-state index is 6.13. The molecule has 0 aliphatic heterocycles. The topological polar surface area (TPSA) is 56.2 Å². The summed E-state index contributed by atoms with van der Waals surface area (Å²) in [5.74, 6) is 0.321. The van der Waals surface area contributed by atoms with Crippen LogP contribution in [0.15, 0.2) is 64.3 Å². The van der Waals surface area contributed by atoms with Crippen molar-refractivity contribution in [3.05, 3.63) is 69.8 Å². The second kappa shape index (κ2) is 6.34. The molecule has 0 radical (unpaired) electrons. The number of anilines is 1. The Balaban J connectivity index is 2.00. The summed E-state index contributed by atoms with van der Waals surface area (Å²) in [6.45, 7) is 0. The molecule has 0 aliphatic rings. The number of nitrogen functional groups attached to an aromatic ring is 1. The quantitative estimate of drug-likeness (QED) is 0.688. The number of halogens is 2. The van der Waals surface area contributed by atoms with Crippen LogP contribution in [0.5, 0.6) is 0 Å². The first-order valence-corrected chi connectivity index (χ1v) is 7.70. The third-order valence-corrected chi connectivity index (χ3v) is 3.99. The molecule has 110 valence electrons. The number of aromatic nitrogens is 2. The predicted octanol–water partition coefficient (Wildman–Crippen LogP) is 4.43. The highest BCUT2D eigenvalue weighted by Gasteiger charge is 2.08. The van der Waals surface area contributed by atoms with Crippen molar-refractivity contribution in [3.8, 4) is 11.3 Å². The Morgan fingerprint density at radius 1 is 1.14 bits per heavy atom. The van der Waals surface area contributed by atoms with Gasteiger partial charge >= 0.3 is 0 Å². The molecule has 0 amide bonds. The second-order valence-corrected chi connectivity index (χ2v) is 5.91. The standard InChI is InChI=1S/C16H12BrClN4/c17-13-7-5-11(6-8-13)15-10-20-16(19)22(15)21-9-12-3-1-2-4-14(12)18/h1-10H,(H2,19,20). The average Bonchev–Trinajstić information content (AvgIpc) is 2.88. The summed E-state index contributed by atoms with van der Waals surface area (Å²) in [4.78, 5) is 4.13. The van der Waals surface area contributed by atoms with Crippen molar-refractivity contribution in [1.29, 1.82) is 0 Å². The molecule has 1 heterocycles. The Labute approximate surface area is 141 Å². The van der Waals surface area contributed by atoms with Gasteiger partial charge in [-0.15, -0.1) is 0 Å². The highest BCUT2D eigenvalue weighted by Crippen LogP contribution is 2.24. The Kier molecular flexibility index (Phi) is 4.27. The van der Waals surface area contributed by atoms with Crippen LogP contribution in [0.25, 0.3) is 11.3 Å². The van der Waals surface area contributed by atoms with Crippen LogP contribution in [0.1, 0.15) is 5.56 Å². The van der Waals surface area contributed by atoms with Gasteiger partial charge < -0.3 is 5.73 Å². The average molecular weight is 376 g/mol. The lowest BCUT2D eigenvalue weighted by Crippen LogP contribution is -2.00. The van der Waals surface area contributed by atoms with E-state index in [0.717, 1.165) is 21.3 Å². The number of benzene rings is 2. The fraction of sp³-hybridized carbons (Fsp3) is 0. The lowest BCUT2D eigenvalue weighted by atomic mass is 10.2. The fourth-order valence-corrected chi connectivity index (χ4v) is 2.45. The van der Waals surface area contributed by atoms with E-state index in [0.29, 0.717) is 11.0 Å². The van der Waals surface area contributed by atoms with Crippen LogP contribution in [0.2, 0.25) is 5.02 Å². The lowest BCUT2D eigenvalue weighted by molar-refractivity contribution is 0.906. The van der Waals surface area contributed by atoms with Crippen molar-refractivity contribution in [2.24, 2.45) is 5.10 Å². The van der Waals surface area contributed by atoms with E-state index in [4.69, 9.17) is 17.3 Å². The van der Waals surface area contributed by atoms with Crippen LogP contribution in [0.3, 0.4) is 0 Å². The number of nitrogens with two attached hydrogens (primary N) is 1. The van der Waals surface area contributed by atoms with Crippen molar-refractivity contribution in [3.63, 3.8) is 0 Å². The largest absolute Gasteiger partial charge is 0.368 e. The van der Waals surface area contributed by atoms with Crippen LogP contribution in [0, 0.1) is 0 Å². The van der Waals surface area contributed by atoms with E-state index in [1.807, 2.05) is 48.5 Å². The normalized spacial score (nSPS) is 11.2. The molecule has 0 aliphatic carbocycles. The van der Waals surface area contributed by atoms with Gasteiger partial charge in [-0.05, 0) is 18.2 Å². The monoisotopic (exact) mass is 374 g/mol. The van der Waals surface area contributed by atoms with Crippen LogP contribution in [0.4, 0.5) is 5.95 Å². The minimum atomic E-state index is 0.321. The number of hydrogen-bond donors (Lipinski definition) is 1. The van der Waals surface area contributed by atoms with E-state index in [9.17, 15) is 0 Å². The summed E-state index contributed by atoms with van der Waals surface area (Å²) in [7, 11) is 0. The van der Waals surface area contributed by atoms with E-state index < -0.39 is 0 Å². The molecule has 1 aromatic heterocycles. The summed E-state index contributed by atoms with van der Waals surface area (Å²) in [6.07, 6.45) is 3.37. The van der Waals surface area contributed by atoms with E-state index >= 15 is 0 Å². The third-order valence-electron chi connectivity index (χ3n) is 3.12. The minimum absolute atomic E-state index is 0.321. The zero-order valence-corrected chi connectivity index (χ0v) is 13.8. The van der Waals surface area contributed by atoms with Gasteiger partial charge in [-0.2, -0.15) is 9.78 Å². The number of imidazole rings is 1. The van der Waals surface area contributed by atoms with Gasteiger partial charge in [0, 0.05) is 20.6 Å². The fourth-order valence-electron chi connectivity index (χ4n) is 2.00. The third kappa shape index (κ3) is 3.05. The maximum Gasteiger partial charge on any atom is 0.221 e. The van der Waals surface area contributed by atoms with Gasteiger partial charge in [0.25, 0.3) is 0 Å². The zero-order valence-electron chi connectivity index (χ0n) is 11.4. The van der Waals surface area contributed by atoms with E-state index in [2.05, 4.69) is 26.0 Å². The van der Waals surface area contributed by atoms with E-state index in [-0.39, 0.29) is 0 Å². The number of hydrogen-bond acceptors (Lipinski definition) is 3. The molecule has 2 aromatic carbocycles. The molecule has 0 saturated heterocycles. The molecule has 2 N–H and O–H groups in total. The first kappa shape index (κ1) is 14.8. The smallest absolute Gasteiger partial charge is 0.221 e. The highest BCUT2D eigenvalue weighted by atomic mass is 79.9. The SMILES string of the molecule is Nc1ncc(-c2ccc(Br)cc2)n1N=Cc1ccccc1Cl. The molecule has 3 aromatic rings. The Morgan fingerprint density at radius 2 is 1.86 bits per heavy atom. The zero-order chi connectivity index (χ0) is 15.5. The van der Waals surface area contributed by atoms with Crippen LogP contribution >= 0.6 is 27.5 Å². The van der Waals surface area contributed by atoms with Crippen molar-refractivity contribution in [2.45, 2.75) is 0 Å². The molecule has 6 heteroatoms. The van der Waals surface area contributed by atoms with Gasteiger partial charge in [0.05, 0.1) is 18.1 Å².